The molecule has 1 aliphatic rings. The molecule has 0 aliphatic heterocycles. The summed E-state index contributed by atoms with van der Waals surface area (Å²) < 4.78 is 0. The van der Waals surface area contributed by atoms with E-state index >= 15 is 0 Å². The van der Waals surface area contributed by atoms with E-state index in [-0.39, 0.29) is 17.4 Å². The third-order valence-electron chi connectivity index (χ3n) is 2.03. The highest BCUT2D eigenvalue weighted by atomic mass is 32.2. The topological polar surface area (TPSA) is 95.5 Å². The zero-order valence-corrected chi connectivity index (χ0v) is 9.46. The fraction of sp³-hybridized carbons (Fsp3) is 0.667. The summed E-state index contributed by atoms with van der Waals surface area (Å²) in [4.78, 5) is 32.0. The van der Waals surface area contributed by atoms with E-state index in [2.05, 4.69) is 10.6 Å². The van der Waals surface area contributed by atoms with Crippen molar-refractivity contribution in [3.05, 3.63) is 0 Å². The van der Waals surface area contributed by atoms with Gasteiger partial charge in [0.1, 0.15) is 6.04 Å². The Morgan fingerprint density at radius 2 is 2.19 bits per heavy atom. The van der Waals surface area contributed by atoms with E-state index in [1.807, 2.05) is 0 Å². The number of carboxylic acids is 1. The molecule has 0 radical (unpaired) electrons. The molecular formula is C9H14N2O4S. The number of carbonyl (C=O) groups is 3. The van der Waals surface area contributed by atoms with Crippen molar-refractivity contribution in [3.8, 4) is 0 Å². The predicted octanol–water partition coefficient (Wildman–Crippen LogP) is -0.803. The van der Waals surface area contributed by atoms with Crippen LogP contribution in [0.5, 0.6) is 0 Å². The first-order valence-electron chi connectivity index (χ1n) is 4.93. The molecule has 1 rings (SSSR count). The Labute approximate surface area is 97.2 Å². The third kappa shape index (κ3) is 5.01. The van der Waals surface area contributed by atoms with Crippen molar-refractivity contribution in [2.24, 2.45) is 0 Å². The van der Waals surface area contributed by atoms with Crippen molar-refractivity contribution >= 4 is 30.0 Å². The summed E-state index contributed by atoms with van der Waals surface area (Å²) in [6.45, 7) is 0. The third-order valence-corrected chi connectivity index (χ3v) is 3.06. The first-order valence-corrected chi connectivity index (χ1v) is 6.08. The van der Waals surface area contributed by atoms with E-state index in [1.54, 1.807) is 0 Å². The van der Waals surface area contributed by atoms with Gasteiger partial charge in [0.25, 0.3) is 0 Å². The van der Waals surface area contributed by atoms with Crippen molar-refractivity contribution in [2.45, 2.75) is 24.9 Å². The van der Waals surface area contributed by atoms with Crippen molar-refractivity contribution in [3.63, 3.8) is 0 Å². The summed E-state index contributed by atoms with van der Waals surface area (Å²) >= 11 is 1.19. The fourth-order valence-electron chi connectivity index (χ4n) is 1.04. The van der Waals surface area contributed by atoms with Gasteiger partial charge in [-0.25, -0.2) is 4.79 Å². The van der Waals surface area contributed by atoms with Crippen LogP contribution < -0.4 is 10.6 Å². The molecule has 1 unspecified atom stereocenters. The molecule has 0 aromatic rings. The number of amides is 2. The smallest absolute Gasteiger partial charge is 0.327 e. The van der Waals surface area contributed by atoms with E-state index < -0.39 is 12.0 Å². The fourth-order valence-corrected chi connectivity index (χ4v) is 1.90. The Morgan fingerprint density at radius 3 is 2.69 bits per heavy atom. The molecule has 90 valence electrons. The van der Waals surface area contributed by atoms with Crippen LogP contribution in [0.4, 0.5) is 0 Å². The minimum atomic E-state index is -1.10. The Kier molecular flexibility index (Phi) is 5.10. The van der Waals surface area contributed by atoms with Crippen LogP contribution in [0.15, 0.2) is 0 Å². The molecule has 0 saturated heterocycles. The average Bonchev–Trinajstić information content (AvgIpc) is 3.00. The van der Waals surface area contributed by atoms with Gasteiger partial charge in [0.15, 0.2) is 0 Å². The van der Waals surface area contributed by atoms with Gasteiger partial charge in [-0.2, -0.15) is 0 Å². The van der Waals surface area contributed by atoms with Gasteiger partial charge in [-0.1, -0.05) is 0 Å². The summed E-state index contributed by atoms with van der Waals surface area (Å²) in [5, 5.41) is 13.7. The van der Waals surface area contributed by atoms with Crippen LogP contribution in [0.1, 0.15) is 12.8 Å². The quantitative estimate of drug-likeness (QED) is 0.487. The molecular weight excluding hydrogens is 232 g/mol. The molecule has 7 heteroatoms. The molecule has 1 atom stereocenters. The van der Waals surface area contributed by atoms with Gasteiger partial charge in [0, 0.05) is 11.8 Å². The molecule has 16 heavy (non-hydrogen) atoms. The van der Waals surface area contributed by atoms with Crippen LogP contribution in [0, 0.1) is 0 Å². The molecule has 0 bridgehead atoms. The van der Waals surface area contributed by atoms with Crippen molar-refractivity contribution in [2.75, 3.05) is 11.5 Å². The van der Waals surface area contributed by atoms with Crippen molar-refractivity contribution in [1.82, 2.24) is 10.6 Å². The van der Waals surface area contributed by atoms with Crippen LogP contribution in [0.25, 0.3) is 0 Å². The lowest BCUT2D eigenvalue weighted by Gasteiger charge is -2.10. The average molecular weight is 246 g/mol. The van der Waals surface area contributed by atoms with Crippen molar-refractivity contribution in [1.29, 1.82) is 0 Å². The lowest BCUT2D eigenvalue weighted by molar-refractivity contribution is -0.139. The molecule has 0 aromatic heterocycles. The highest BCUT2D eigenvalue weighted by Crippen LogP contribution is 2.18. The highest BCUT2D eigenvalue weighted by Gasteiger charge is 2.23. The largest absolute Gasteiger partial charge is 0.480 e. The highest BCUT2D eigenvalue weighted by molar-refractivity contribution is 8.00. The Bertz CT molecular complexity index is 281. The second-order valence-corrected chi connectivity index (χ2v) is 4.56. The lowest BCUT2D eigenvalue weighted by Crippen LogP contribution is -2.38. The van der Waals surface area contributed by atoms with E-state index in [1.165, 1.54) is 11.8 Å². The number of rotatable bonds is 8. The summed E-state index contributed by atoms with van der Waals surface area (Å²) in [6, 6.07) is -0.618. The van der Waals surface area contributed by atoms with E-state index in [0.717, 1.165) is 12.8 Å². The van der Waals surface area contributed by atoms with Crippen LogP contribution in [-0.2, 0) is 14.4 Å². The first kappa shape index (κ1) is 12.8. The SMILES string of the molecule is O=CNC(CSCC(=O)NC1CC1)C(=O)O. The van der Waals surface area contributed by atoms with Crippen LogP contribution in [0.3, 0.4) is 0 Å². The summed E-state index contributed by atoms with van der Waals surface area (Å²) in [5.41, 5.74) is 0. The second-order valence-electron chi connectivity index (χ2n) is 3.53. The summed E-state index contributed by atoms with van der Waals surface area (Å²) in [6.07, 6.45) is 2.41. The van der Waals surface area contributed by atoms with Gasteiger partial charge in [0.2, 0.25) is 12.3 Å². The molecule has 1 fully saturated rings. The first-order chi connectivity index (χ1) is 7.63. The second kappa shape index (κ2) is 6.37. The van der Waals surface area contributed by atoms with E-state index in [0.29, 0.717) is 12.5 Å². The lowest BCUT2D eigenvalue weighted by atomic mass is 10.3. The van der Waals surface area contributed by atoms with E-state index in [9.17, 15) is 14.4 Å². The summed E-state index contributed by atoms with van der Waals surface area (Å²) in [5.74, 6) is -0.766. The maximum atomic E-state index is 11.2. The molecule has 1 aliphatic carbocycles. The minimum absolute atomic E-state index is 0.0808. The van der Waals surface area contributed by atoms with Crippen LogP contribution in [-0.4, -0.2) is 47.0 Å². The Hall–Kier alpha value is -1.24. The molecule has 0 heterocycles. The normalized spacial score (nSPS) is 16.2. The number of carbonyl (C=O) groups excluding carboxylic acids is 2. The number of thioether (sulfide) groups is 1. The molecule has 6 nitrogen and oxygen atoms in total. The maximum Gasteiger partial charge on any atom is 0.327 e. The number of aliphatic carboxylic acids is 1. The predicted molar refractivity (Wildman–Crippen MR) is 59.1 cm³/mol. The molecule has 3 N–H and O–H groups in total. The number of nitrogens with one attached hydrogen (secondary N) is 2. The maximum absolute atomic E-state index is 11.2. The van der Waals surface area contributed by atoms with Gasteiger partial charge < -0.3 is 15.7 Å². The number of carboxylic acid groups (broad SMARTS) is 1. The van der Waals surface area contributed by atoms with Crippen LogP contribution in [0.2, 0.25) is 0 Å². The summed E-state index contributed by atoms with van der Waals surface area (Å²) in [7, 11) is 0. The van der Waals surface area contributed by atoms with E-state index in [4.69, 9.17) is 5.11 Å². The van der Waals surface area contributed by atoms with Gasteiger partial charge in [0.05, 0.1) is 5.75 Å². The zero-order valence-electron chi connectivity index (χ0n) is 8.64. The molecule has 0 spiro atoms. The number of hydrogen-bond acceptors (Lipinski definition) is 4. The minimum Gasteiger partial charge on any atom is -0.480 e. The zero-order chi connectivity index (χ0) is 12.0. The Balaban J connectivity index is 2.13. The van der Waals surface area contributed by atoms with Gasteiger partial charge in [-0.3, -0.25) is 9.59 Å². The van der Waals surface area contributed by atoms with Crippen LogP contribution >= 0.6 is 11.8 Å². The van der Waals surface area contributed by atoms with Crippen molar-refractivity contribution < 1.29 is 19.5 Å². The van der Waals surface area contributed by atoms with Gasteiger partial charge in [-0.15, -0.1) is 11.8 Å². The monoisotopic (exact) mass is 246 g/mol. The van der Waals surface area contributed by atoms with Gasteiger partial charge in [-0.05, 0) is 12.8 Å². The molecule has 2 amide bonds. The molecule has 1 saturated carbocycles. The Morgan fingerprint density at radius 1 is 1.50 bits per heavy atom. The molecule has 0 aromatic carbocycles. The standard InChI is InChI=1S/C9H14N2O4S/c12-5-10-7(9(14)15)3-16-4-8(13)11-6-1-2-6/h5-7H,1-4H2,(H,10,12)(H,11,13)(H,14,15). The number of hydrogen-bond donors (Lipinski definition) is 3. The van der Waals surface area contributed by atoms with Gasteiger partial charge >= 0.3 is 5.97 Å².